The normalized spacial score (nSPS) is 10.9. The van der Waals surface area contributed by atoms with Crippen molar-refractivity contribution in [1.82, 2.24) is 4.31 Å². The maximum Gasteiger partial charge on any atom is 0.232 e. The molecule has 0 amide bonds. The lowest BCUT2D eigenvalue weighted by molar-refractivity contribution is 0.414. The van der Waals surface area contributed by atoms with Gasteiger partial charge in [0.2, 0.25) is 10.0 Å². The molecule has 0 saturated carbocycles. The number of hydrogen-bond acceptors (Lipinski definition) is 3. The molecule has 88 valence electrons. The molecule has 0 heterocycles. The highest BCUT2D eigenvalue weighted by Crippen LogP contribution is 2.14. The van der Waals surface area contributed by atoms with E-state index in [2.05, 4.69) is 6.58 Å². The van der Waals surface area contributed by atoms with E-state index in [9.17, 15) is 8.42 Å². The molecule has 0 aliphatic carbocycles. The van der Waals surface area contributed by atoms with Crippen LogP contribution in [0, 0.1) is 0 Å². The van der Waals surface area contributed by atoms with Gasteiger partial charge in [0.1, 0.15) is 5.75 Å². The van der Waals surface area contributed by atoms with E-state index in [1.54, 1.807) is 19.2 Å². The van der Waals surface area contributed by atoms with Gasteiger partial charge in [-0.25, -0.2) is 8.42 Å². The van der Waals surface area contributed by atoms with E-state index in [0.29, 0.717) is 0 Å². The van der Waals surface area contributed by atoms with Crippen LogP contribution in [0.1, 0.15) is 5.56 Å². The maximum absolute atomic E-state index is 11.3. The Bertz CT molecular complexity index is 451. The van der Waals surface area contributed by atoms with Crippen LogP contribution in [0.2, 0.25) is 0 Å². The molecule has 0 N–H and O–H groups in total. The van der Waals surface area contributed by atoms with Gasteiger partial charge in [0.05, 0.1) is 19.9 Å². The topological polar surface area (TPSA) is 46.6 Å². The number of rotatable bonds is 5. The fourth-order valence-corrected chi connectivity index (χ4v) is 1.88. The van der Waals surface area contributed by atoms with Gasteiger partial charge in [-0.1, -0.05) is 18.7 Å². The summed E-state index contributed by atoms with van der Waals surface area (Å²) in [5, 5.41) is 0. The minimum Gasteiger partial charge on any atom is -0.497 e. The molecule has 0 aromatic heterocycles. The molecule has 0 spiro atoms. The molecule has 0 aliphatic rings. The first-order valence-corrected chi connectivity index (χ1v) is 6.54. The van der Waals surface area contributed by atoms with Crippen LogP contribution >= 0.6 is 0 Å². The smallest absolute Gasteiger partial charge is 0.232 e. The predicted octanol–water partition coefficient (Wildman–Crippen LogP) is 1.60. The van der Waals surface area contributed by atoms with Gasteiger partial charge in [0, 0.05) is 6.20 Å². The van der Waals surface area contributed by atoms with Crippen molar-refractivity contribution in [3.05, 3.63) is 42.6 Å². The summed E-state index contributed by atoms with van der Waals surface area (Å²) in [4.78, 5) is 0. The van der Waals surface area contributed by atoms with Gasteiger partial charge in [-0.2, -0.15) is 0 Å². The lowest BCUT2D eigenvalue weighted by Gasteiger charge is -2.17. The van der Waals surface area contributed by atoms with Crippen LogP contribution in [0.25, 0.3) is 0 Å². The van der Waals surface area contributed by atoms with Gasteiger partial charge in [0.25, 0.3) is 0 Å². The lowest BCUT2D eigenvalue weighted by Crippen LogP contribution is -2.23. The third-order valence-electron chi connectivity index (χ3n) is 2.13. The Morgan fingerprint density at radius 3 is 2.31 bits per heavy atom. The number of methoxy groups -OCH3 is 1. The highest BCUT2D eigenvalue weighted by atomic mass is 32.2. The van der Waals surface area contributed by atoms with Crippen molar-refractivity contribution in [3.8, 4) is 5.75 Å². The largest absolute Gasteiger partial charge is 0.497 e. The van der Waals surface area contributed by atoms with Gasteiger partial charge in [0.15, 0.2) is 0 Å². The van der Waals surface area contributed by atoms with Gasteiger partial charge < -0.3 is 4.74 Å². The number of ether oxygens (including phenoxy) is 1. The standard InChI is InChI=1S/C11H15NO3S/c1-4-12(16(3,13)14)9-10-5-7-11(15-2)8-6-10/h4-8H,1,9H2,2-3H3. The fraction of sp³-hybridized carbons (Fsp3) is 0.273. The first-order valence-electron chi connectivity index (χ1n) is 4.69. The molecular weight excluding hydrogens is 226 g/mol. The number of benzene rings is 1. The average molecular weight is 241 g/mol. The number of hydrogen-bond donors (Lipinski definition) is 0. The monoisotopic (exact) mass is 241 g/mol. The van der Waals surface area contributed by atoms with Crippen molar-refractivity contribution in [2.45, 2.75) is 6.54 Å². The van der Waals surface area contributed by atoms with Crippen molar-refractivity contribution in [2.75, 3.05) is 13.4 Å². The zero-order chi connectivity index (χ0) is 12.2. The molecule has 0 fully saturated rings. The Kier molecular flexibility index (Phi) is 3.95. The molecular formula is C11H15NO3S. The summed E-state index contributed by atoms with van der Waals surface area (Å²) >= 11 is 0. The fourth-order valence-electron chi connectivity index (χ4n) is 1.23. The lowest BCUT2D eigenvalue weighted by atomic mass is 10.2. The molecule has 0 saturated heterocycles. The third-order valence-corrected chi connectivity index (χ3v) is 3.26. The van der Waals surface area contributed by atoms with Gasteiger partial charge in [-0.05, 0) is 17.7 Å². The number of sulfonamides is 1. The highest BCUT2D eigenvalue weighted by molar-refractivity contribution is 7.88. The van der Waals surface area contributed by atoms with E-state index in [1.807, 2.05) is 12.1 Å². The summed E-state index contributed by atoms with van der Waals surface area (Å²) < 4.78 is 28.8. The second-order valence-electron chi connectivity index (χ2n) is 3.34. The Labute approximate surface area is 96.2 Å². The van der Waals surface area contributed by atoms with Crippen molar-refractivity contribution >= 4 is 10.0 Å². The quantitative estimate of drug-likeness (QED) is 0.786. The summed E-state index contributed by atoms with van der Waals surface area (Å²) in [5.74, 6) is 0.744. The van der Waals surface area contributed by atoms with Gasteiger partial charge >= 0.3 is 0 Å². The molecule has 4 nitrogen and oxygen atoms in total. The summed E-state index contributed by atoms with van der Waals surface area (Å²) in [6, 6.07) is 7.22. The molecule has 5 heteroatoms. The van der Waals surface area contributed by atoms with Crippen LogP contribution in [0.4, 0.5) is 0 Å². The van der Waals surface area contributed by atoms with Crippen LogP contribution in [-0.2, 0) is 16.6 Å². The van der Waals surface area contributed by atoms with Crippen LogP contribution in [0.15, 0.2) is 37.0 Å². The van der Waals surface area contributed by atoms with Crippen molar-refractivity contribution in [2.24, 2.45) is 0 Å². The second-order valence-corrected chi connectivity index (χ2v) is 5.27. The van der Waals surface area contributed by atoms with Crippen LogP contribution in [0.3, 0.4) is 0 Å². The molecule has 1 aromatic carbocycles. The summed E-state index contributed by atoms with van der Waals surface area (Å²) in [6.07, 6.45) is 2.46. The van der Waals surface area contributed by atoms with E-state index in [4.69, 9.17) is 4.74 Å². The molecule has 1 rings (SSSR count). The minimum absolute atomic E-state index is 0.284. The number of nitrogens with zero attached hydrogens (tertiary/aromatic N) is 1. The van der Waals surface area contributed by atoms with E-state index >= 15 is 0 Å². The SMILES string of the molecule is C=CN(Cc1ccc(OC)cc1)S(C)(=O)=O. The van der Waals surface area contributed by atoms with Crippen LogP contribution in [-0.4, -0.2) is 26.1 Å². The van der Waals surface area contributed by atoms with E-state index in [-0.39, 0.29) is 6.54 Å². The first kappa shape index (κ1) is 12.6. The molecule has 0 aliphatic heterocycles. The Morgan fingerprint density at radius 2 is 1.94 bits per heavy atom. The summed E-state index contributed by atoms with van der Waals surface area (Å²) in [6.45, 7) is 3.76. The molecule has 0 atom stereocenters. The van der Waals surface area contributed by atoms with Gasteiger partial charge in [-0.15, -0.1) is 0 Å². The van der Waals surface area contributed by atoms with E-state index < -0.39 is 10.0 Å². The molecule has 16 heavy (non-hydrogen) atoms. The van der Waals surface area contributed by atoms with Crippen LogP contribution < -0.4 is 4.74 Å². The zero-order valence-electron chi connectivity index (χ0n) is 9.38. The van der Waals surface area contributed by atoms with E-state index in [1.165, 1.54) is 10.5 Å². The molecule has 1 aromatic rings. The first-order chi connectivity index (χ1) is 7.47. The molecule has 0 radical (unpaired) electrons. The van der Waals surface area contributed by atoms with Crippen molar-refractivity contribution in [1.29, 1.82) is 0 Å². The van der Waals surface area contributed by atoms with Crippen molar-refractivity contribution in [3.63, 3.8) is 0 Å². The molecule has 0 unspecified atom stereocenters. The molecule has 0 bridgehead atoms. The zero-order valence-corrected chi connectivity index (χ0v) is 10.2. The van der Waals surface area contributed by atoms with Gasteiger partial charge in [-0.3, -0.25) is 4.31 Å². The van der Waals surface area contributed by atoms with Crippen molar-refractivity contribution < 1.29 is 13.2 Å². The van der Waals surface area contributed by atoms with Crippen LogP contribution in [0.5, 0.6) is 5.75 Å². The Morgan fingerprint density at radius 1 is 1.38 bits per heavy atom. The predicted molar refractivity (Wildman–Crippen MR) is 63.6 cm³/mol. The maximum atomic E-state index is 11.3. The summed E-state index contributed by atoms with van der Waals surface area (Å²) in [5.41, 5.74) is 0.881. The highest BCUT2D eigenvalue weighted by Gasteiger charge is 2.11. The summed E-state index contributed by atoms with van der Waals surface area (Å²) in [7, 11) is -1.66. The Hall–Kier alpha value is -1.49. The second kappa shape index (κ2) is 5.03. The third kappa shape index (κ3) is 3.27. The average Bonchev–Trinajstić information content (AvgIpc) is 2.25. The van der Waals surface area contributed by atoms with E-state index in [0.717, 1.165) is 17.6 Å². The minimum atomic E-state index is -3.24. The Balaban J connectivity index is 2.83.